The second-order valence-electron chi connectivity index (χ2n) is 11.2. The summed E-state index contributed by atoms with van der Waals surface area (Å²) in [5.74, 6) is -0.0236. The third kappa shape index (κ3) is 5.15. The first-order valence-corrected chi connectivity index (χ1v) is 14.0. The zero-order valence-corrected chi connectivity index (χ0v) is 24.5. The lowest BCUT2D eigenvalue weighted by Crippen LogP contribution is -2.48. The van der Waals surface area contributed by atoms with Crippen LogP contribution in [0.2, 0.25) is 0 Å². The number of aliphatic hydroxyl groups is 1. The molecule has 216 valence electrons. The third-order valence-electron chi connectivity index (χ3n) is 8.27. The number of aromatic nitrogens is 2. The molecule has 4 aromatic rings. The van der Waals surface area contributed by atoms with Crippen molar-refractivity contribution < 1.29 is 24.0 Å². The number of likely N-dealkylation sites (N-methyl/N-ethyl adjacent to an activating group) is 1. The number of aryl methyl sites for hydroxylation is 3. The van der Waals surface area contributed by atoms with Crippen LogP contribution in [-0.4, -0.2) is 75.3 Å². The van der Waals surface area contributed by atoms with Gasteiger partial charge in [-0.25, -0.2) is 0 Å². The van der Waals surface area contributed by atoms with Gasteiger partial charge >= 0.3 is 0 Å². The van der Waals surface area contributed by atoms with E-state index in [2.05, 4.69) is 5.16 Å². The van der Waals surface area contributed by atoms with Gasteiger partial charge in [-0.2, -0.15) is 0 Å². The molecule has 2 aromatic heterocycles. The van der Waals surface area contributed by atoms with Gasteiger partial charge in [-0.3, -0.25) is 9.59 Å². The number of amides is 2. The second-order valence-corrected chi connectivity index (χ2v) is 11.2. The molecule has 0 saturated carbocycles. The predicted octanol–water partition coefficient (Wildman–Crippen LogP) is 4.58. The monoisotopic (exact) mass is 558 g/mol. The van der Waals surface area contributed by atoms with Crippen LogP contribution < -0.4 is 0 Å². The molecular weight excluding hydrogens is 520 g/mol. The minimum atomic E-state index is -0.422. The Morgan fingerprint density at radius 2 is 1.88 bits per heavy atom. The van der Waals surface area contributed by atoms with Crippen molar-refractivity contribution >= 4 is 22.7 Å². The van der Waals surface area contributed by atoms with E-state index in [0.717, 1.165) is 27.6 Å². The number of ether oxygens (including phenoxy) is 1. The molecule has 1 aliphatic heterocycles. The smallest absolute Gasteiger partial charge is 0.271 e. The Labute approximate surface area is 240 Å². The molecular formula is C32H38N4O5. The summed E-state index contributed by atoms with van der Waals surface area (Å²) in [4.78, 5) is 31.2. The second kappa shape index (κ2) is 11.5. The Kier molecular flexibility index (Phi) is 8.02. The first-order chi connectivity index (χ1) is 19.6. The number of benzene rings is 2. The number of carbonyl (C=O) groups excluding carboxylic acids is 2. The maximum atomic E-state index is 14.5. The number of hydrogen-bond acceptors (Lipinski definition) is 6. The molecule has 41 heavy (non-hydrogen) atoms. The highest BCUT2D eigenvalue weighted by Crippen LogP contribution is 2.38. The van der Waals surface area contributed by atoms with Gasteiger partial charge in [-0.1, -0.05) is 54.5 Å². The zero-order valence-electron chi connectivity index (χ0n) is 24.5. The lowest BCUT2D eigenvalue weighted by Gasteiger charge is -2.35. The van der Waals surface area contributed by atoms with E-state index in [1.807, 2.05) is 74.0 Å². The number of para-hydroxylation sites is 1. The third-order valence-corrected chi connectivity index (χ3v) is 8.27. The van der Waals surface area contributed by atoms with Gasteiger partial charge in [-0.05, 0) is 38.0 Å². The molecule has 0 unspecified atom stereocenters. The van der Waals surface area contributed by atoms with Crippen LogP contribution in [0.15, 0.2) is 53.1 Å². The number of aliphatic hydroxyl groups excluding tert-OH is 1. The van der Waals surface area contributed by atoms with Crippen LogP contribution in [0.5, 0.6) is 0 Å². The van der Waals surface area contributed by atoms with Crippen LogP contribution in [0.3, 0.4) is 0 Å². The van der Waals surface area contributed by atoms with E-state index in [9.17, 15) is 14.7 Å². The average Bonchev–Trinajstić information content (AvgIpc) is 3.46. The fourth-order valence-corrected chi connectivity index (χ4v) is 5.86. The summed E-state index contributed by atoms with van der Waals surface area (Å²) in [6.45, 7) is 8.13. The standard InChI is InChI=1S/C32H38N4O5/c1-19-15-36(20(2)17-37)32(39)30-29(25-13-9-10-14-26(25)35(30)6)24-12-8-7-11-23(24)18-40-27(19)16-34(5)31(38)28-21(3)33-41-22(28)4/h7-14,19-20,27,37H,15-18H2,1-6H3/t19-,20-,27-/m1/s1. The van der Waals surface area contributed by atoms with E-state index in [4.69, 9.17) is 9.26 Å². The Balaban J connectivity index is 1.60. The molecule has 1 N–H and O–H groups in total. The van der Waals surface area contributed by atoms with Crippen molar-refractivity contribution in [3.8, 4) is 11.1 Å². The number of nitrogens with zero attached hydrogens (tertiary/aromatic N) is 4. The van der Waals surface area contributed by atoms with E-state index >= 15 is 0 Å². The highest BCUT2D eigenvalue weighted by atomic mass is 16.5. The first-order valence-electron chi connectivity index (χ1n) is 14.0. The van der Waals surface area contributed by atoms with Crippen LogP contribution >= 0.6 is 0 Å². The molecule has 3 atom stereocenters. The van der Waals surface area contributed by atoms with Gasteiger partial charge in [0.15, 0.2) is 0 Å². The fraction of sp³-hybridized carbons (Fsp3) is 0.406. The van der Waals surface area contributed by atoms with Crippen LogP contribution in [0.25, 0.3) is 22.0 Å². The molecule has 0 fully saturated rings. The molecule has 0 saturated heterocycles. The normalized spacial score (nSPS) is 18.5. The van der Waals surface area contributed by atoms with Crippen molar-refractivity contribution in [1.82, 2.24) is 19.5 Å². The quantitative estimate of drug-likeness (QED) is 0.385. The largest absolute Gasteiger partial charge is 0.394 e. The van der Waals surface area contributed by atoms with Gasteiger partial charge in [0.2, 0.25) is 0 Å². The van der Waals surface area contributed by atoms with Crippen molar-refractivity contribution in [2.45, 2.75) is 46.4 Å². The number of fused-ring (bicyclic) bond motifs is 5. The van der Waals surface area contributed by atoms with E-state index in [0.29, 0.717) is 42.4 Å². The molecule has 0 bridgehead atoms. The van der Waals surface area contributed by atoms with E-state index in [1.54, 1.807) is 30.7 Å². The number of rotatable bonds is 5. The van der Waals surface area contributed by atoms with Gasteiger partial charge in [0, 0.05) is 49.6 Å². The summed E-state index contributed by atoms with van der Waals surface area (Å²) >= 11 is 0. The van der Waals surface area contributed by atoms with Crippen molar-refractivity contribution in [3.05, 3.63) is 76.8 Å². The van der Waals surface area contributed by atoms with Crippen LogP contribution in [-0.2, 0) is 18.4 Å². The average molecular weight is 559 g/mol. The molecule has 0 radical (unpaired) electrons. The van der Waals surface area contributed by atoms with Crippen LogP contribution in [0.4, 0.5) is 0 Å². The zero-order chi connectivity index (χ0) is 29.4. The van der Waals surface area contributed by atoms with Crippen molar-refractivity contribution in [2.75, 3.05) is 26.7 Å². The maximum absolute atomic E-state index is 14.5. The minimum Gasteiger partial charge on any atom is -0.394 e. The molecule has 5 rings (SSSR count). The SMILES string of the molecule is Cc1noc(C)c1C(=O)N(C)C[C@H]1OCc2ccccc2-c2c(n(C)c3ccccc23)C(=O)N([C@H](C)CO)C[C@H]1C. The molecule has 2 aromatic carbocycles. The van der Waals surface area contributed by atoms with Crippen molar-refractivity contribution in [2.24, 2.45) is 13.0 Å². The van der Waals surface area contributed by atoms with Gasteiger partial charge in [0.1, 0.15) is 17.0 Å². The number of carbonyl (C=O) groups is 2. The van der Waals surface area contributed by atoms with E-state index in [-0.39, 0.29) is 24.3 Å². The minimum absolute atomic E-state index is 0.150. The summed E-state index contributed by atoms with van der Waals surface area (Å²) in [7, 11) is 3.66. The Hall–Kier alpha value is -3.95. The summed E-state index contributed by atoms with van der Waals surface area (Å²) < 4.78 is 13.8. The lowest BCUT2D eigenvalue weighted by molar-refractivity contribution is -0.0210. The Morgan fingerprint density at radius 3 is 2.59 bits per heavy atom. The lowest BCUT2D eigenvalue weighted by atomic mass is 9.96. The summed E-state index contributed by atoms with van der Waals surface area (Å²) in [6.07, 6.45) is -0.392. The highest BCUT2D eigenvalue weighted by molar-refractivity contribution is 6.10. The fourth-order valence-electron chi connectivity index (χ4n) is 5.86. The van der Waals surface area contributed by atoms with Crippen LogP contribution in [0.1, 0.15) is 51.7 Å². The summed E-state index contributed by atoms with van der Waals surface area (Å²) in [5, 5.41) is 15.1. The van der Waals surface area contributed by atoms with Crippen molar-refractivity contribution in [1.29, 1.82) is 0 Å². The summed E-state index contributed by atoms with van der Waals surface area (Å²) in [5.41, 5.74) is 5.28. The number of hydrogen-bond donors (Lipinski definition) is 1. The molecule has 3 heterocycles. The van der Waals surface area contributed by atoms with Gasteiger partial charge < -0.3 is 28.7 Å². The Morgan fingerprint density at radius 1 is 1.17 bits per heavy atom. The maximum Gasteiger partial charge on any atom is 0.271 e. The van der Waals surface area contributed by atoms with Crippen LogP contribution in [0, 0.1) is 19.8 Å². The van der Waals surface area contributed by atoms with Gasteiger partial charge in [0.05, 0.1) is 31.1 Å². The summed E-state index contributed by atoms with van der Waals surface area (Å²) in [6, 6.07) is 15.6. The predicted molar refractivity (Wildman–Crippen MR) is 157 cm³/mol. The van der Waals surface area contributed by atoms with E-state index < -0.39 is 12.1 Å². The van der Waals surface area contributed by atoms with Gasteiger partial charge in [-0.15, -0.1) is 0 Å². The molecule has 0 aliphatic carbocycles. The molecule has 0 spiro atoms. The Bertz CT molecular complexity index is 1570. The molecule has 9 nitrogen and oxygen atoms in total. The van der Waals surface area contributed by atoms with Crippen molar-refractivity contribution in [3.63, 3.8) is 0 Å². The van der Waals surface area contributed by atoms with Gasteiger partial charge in [0.25, 0.3) is 11.8 Å². The highest BCUT2D eigenvalue weighted by Gasteiger charge is 2.34. The molecule has 1 aliphatic rings. The first kappa shape index (κ1) is 28.6. The molecule has 9 heteroatoms. The topological polar surface area (TPSA) is 101 Å². The van der Waals surface area contributed by atoms with E-state index in [1.165, 1.54) is 0 Å². The molecule has 2 amide bonds.